The Bertz CT molecular complexity index is 4000. The highest BCUT2D eigenvalue weighted by Crippen LogP contribution is 2.57. The van der Waals surface area contributed by atoms with Crippen LogP contribution in [0.1, 0.15) is 161 Å². The zero-order valence-corrected chi connectivity index (χ0v) is 50.0. The van der Waals surface area contributed by atoms with Crippen LogP contribution in [0.4, 0.5) is 34.1 Å². The molecule has 0 fully saturated rings. The van der Waals surface area contributed by atoms with Crippen molar-refractivity contribution in [2.75, 3.05) is 9.80 Å². The first-order valence-electron chi connectivity index (χ1n) is 29.6. The van der Waals surface area contributed by atoms with Crippen molar-refractivity contribution >= 4 is 78.0 Å². The Kier molecular flexibility index (Phi) is 11.0. The van der Waals surface area contributed by atoms with Crippen molar-refractivity contribution in [2.45, 2.75) is 161 Å². The van der Waals surface area contributed by atoms with Crippen LogP contribution in [0, 0.1) is 6.92 Å². The quantitative estimate of drug-likeness (QED) is 0.159. The molecule has 3 aliphatic carbocycles. The van der Waals surface area contributed by atoms with Crippen LogP contribution in [-0.4, -0.2) is 6.71 Å². The summed E-state index contributed by atoms with van der Waals surface area (Å²) in [5.74, 6) is 0. The molecule has 0 unspecified atom stereocenters. The standard InChI is InChI=1S/C75H77BN2S/c1-46-38-64-67-65(39-46)78(62-44-59-57(72(6,7)34-36-74(59,10)11)42-53(62)48-24-18-15-19-25-48)63-40-49(52-27-21-20-26-51(52)47-22-16-14-17-23-47)28-31-61(63)76(67)69-68(54-43-58-60(45-66(54)79-69)75(12,13)37-35-73(58,8)9)77(64)50-29-30-55-56(41-50)71(4,5)33-32-70(55,2)3/h14-31,38-45H,32-37H2,1-13H3. The van der Waals surface area contributed by atoms with Crippen molar-refractivity contribution in [3.8, 4) is 33.4 Å². The molecule has 79 heavy (non-hydrogen) atoms. The monoisotopic (exact) mass is 1050 g/mol. The van der Waals surface area contributed by atoms with Gasteiger partial charge >= 0.3 is 0 Å². The minimum atomic E-state index is -0.00172. The molecule has 2 aliphatic heterocycles. The lowest BCUT2D eigenvalue weighted by Gasteiger charge is -2.46. The Hall–Kier alpha value is -6.62. The second-order valence-corrected chi connectivity index (χ2v) is 29.6. The third kappa shape index (κ3) is 7.69. The predicted octanol–water partition coefficient (Wildman–Crippen LogP) is 19.3. The maximum absolute atomic E-state index is 2.76. The number of thiophene rings is 1. The number of benzene rings is 8. The number of aryl methyl sites for hydroxylation is 1. The summed E-state index contributed by atoms with van der Waals surface area (Å²) in [6.45, 7) is 32.1. The van der Waals surface area contributed by atoms with E-state index in [-0.39, 0.29) is 39.2 Å². The van der Waals surface area contributed by atoms with E-state index >= 15 is 0 Å². The summed E-state index contributed by atoms with van der Waals surface area (Å²) in [6, 6.07) is 62.2. The van der Waals surface area contributed by atoms with E-state index in [2.05, 4.69) is 269 Å². The van der Waals surface area contributed by atoms with Crippen molar-refractivity contribution in [2.24, 2.45) is 0 Å². The normalized spacial score (nSPS) is 19.2. The molecule has 0 N–H and O–H groups in total. The topological polar surface area (TPSA) is 6.48 Å². The van der Waals surface area contributed by atoms with E-state index in [0.29, 0.717) is 0 Å². The zero-order chi connectivity index (χ0) is 54.9. The minimum absolute atomic E-state index is 0.00165. The van der Waals surface area contributed by atoms with Gasteiger partial charge < -0.3 is 9.80 Å². The van der Waals surface area contributed by atoms with Gasteiger partial charge in [-0.25, -0.2) is 0 Å². The van der Waals surface area contributed by atoms with E-state index in [9.17, 15) is 0 Å². The minimum Gasteiger partial charge on any atom is -0.311 e. The lowest BCUT2D eigenvalue weighted by Crippen LogP contribution is -2.60. The first kappa shape index (κ1) is 50.6. The van der Waals surface area contributed by atoms with E-state index < -0.39 is 0 Å². The number of fused-ring (bicyclic) bond motifs is 9. The average molecular weight is 1050 g/mol. The number of anilines is 6. The molecule has 0 atom stereocenters. The molecule has 9 aromatic rings. The Morgan fingerprint density at radius 1 is 0.380 bits per heavy atom. The van der Waals surface area contributed by atoms with Gasteiger partial charge in [-0.05, 0) is 210 Å². The van der Waals surface area contributed by atoms with Gasteiger partial charge in [-0.1, -0.05) is 186 Å². The van der Waals surface area contributed by atoms with Crippen LogP contribution >= 0.6 is 11.3 Å². The van der Waals surface area contributed by atoms with E-state index in [1.807, 2.05) is 0 Å². The van der Waals surface area contributed by atoms with Gasteiger partial charge in [-0.3, -0.25) is 0 Å². The van der Waals surface area contributed by atoms with Crippen LogP contribution in [0.15, 0.2) is 158 Å². The third-order valence-corrected chi connectivity index (χ3v) is 21.7. The third-order valence-electron chi connectivity index (χ3n) is 20.5. The number of hydrogen-bond donors (Lipinski definition) is 0. The second-order valence-electron chi connectivity index (χ2n) is 28.5. The molecule has 2 nitrogen and oxygen atoms in total. The fourth-order valence-corrected chi connectivity index (χ4v) is 16.7. The van der Waals surface area contributed by atoms with Crippen LogP contribution < -0.4 is 25.5 Å². The molecule has 0 bridgehead atoms. The van der Waals surface area contributed by atoms with Crippen molar-refractivity contribution in [1.29, 1.82) is 0 Å². The Morgan fingerprint density at radius 3 is 1.46 bits per heavy atom. The van der Waals surface area contributed by atoms with Gasteiger partial charge in [-0.2, -0.15) is 0 Å². The van der Waals surface area contributed by atoms with Gasteiger partial charge in [0.2, 0.25) is 0 Å². The Morgan fingerprint density at radius 2 is 0.861 bits per heavy atom. The molecule has 396 valence electrons. The summed E-state index contributed by atoms with van der Waals surface area (Å²) in [7, 11) is 0. The molecule has 4 heteroatoms. The summed E-state index contributed by atoms with van der Waals surface area (Å²) in [5.41, 5.74) is 28.6. The highest BCUT2D eigenvalue weighted by molar-refractivity contribution is 7.33. The van der Waals surface area contributed by atoms with Crippen LogP contribution in [0.3, 0.4) is 0 Å². The molecule has 3 heterocycles. The first-order chi connectivity index (χ1) is 37.5. The van der Waals surface area contributed by atoms with E-state index in [0.717, 1.165) is 12.8 Å². The van der Waals surface area contributed by atoms with Crippen LogP contribution in [0.2, 0.25) is 0 Å². The molecule has 0 saturated carbocycles. The van der Waals surface area contributed by atoms with E-state index in [1.54, 1.807) is 0 Å². The number of rotatable bonds is 5. The molecule has 8 aromatic carbocycles. The fourth-order valence-electron chi connectivity index (χ4n) is 15.3. The summed E-state index contributed by atoms with van der Waals surface area (Å²) >= 11 is 2.06. The summed E-state index contributed by atoms with van der Waals surface area (Å²) in [4.78, 5) is 5.50. The van der Waals surface area contributed by atoms with Gasteiger partial charge in [0, 0.05) is 43.2 Å². The molecule has 0 amide bonds. The van der Waals surface area contributed by atoms with Crippen LogP contribution in [0.25, 0.3) is 43.5 Å². The molecule has 0 saturated heterocycles. The Balaban J connectivity index is 1.12. The van der Waals surface area contributed by atoms with Gasteiger partial charge in [0.05, 0.1) is 11.4 Å². The first-order valence-corrected chi connectivity index (χ1v) is 30.4. The summed E-state index contributed by atoms with van der Waals surface area (Å²) in [5, 5.41) is 1.39. The van der Waals surface area contributed by atoms with Gasteiger partial charge in [0.1, 0.15) is 0 Å². The molecule has 0 spiro atoms. The lowest BCUT2D eigenvalue weighted by atomic mass is 9.36. The second kappa shape index (κ2) is 17.2. The average Bonchev–Trinajstić information content (AvgIpc) is 2.91. The SMILES string of the molecule is Cc1cc2c3c(c1)N(c1ccc4c(c1)C(C)(C)CCC4(C)C)c1c(sc4cc5c(cc14)C(C)(C)CCC5(C)C)B3c1ccc(-c3ccccc3-c3ccccc3)cc1N2c1cc2c(cc1-c1ccccc1)C(C)(C)CCC2(C)C. The molecule has 1 aromatic heterocycles. The van der Waals surface area contributed by atoms with E-state index in [1.165, 1.54) is 158 Å². The number of nitrogens with zero attached hydrogens (tertiary/aromatic N) is 2. The largest absolute Gasteiger partial charge is 0.311 e. The summed E-state index contributed by atoms with van der Waals surface area (Å²) in [6.07, 6.45) is 7.04. The Labute approximate surface area is 476 Å². The van der Waals surface area contributed by atoms with Gasteiger partial charge in [-0.15, -0.1) is 11.3 Å². The molecule has 5 aliphatic rings. The van der Waals surface area contributed by atoms with E-state index in [4.69, 9.17) is 0 Å². The lowest BCUT2D eigenvalue weighted by molar-refractivity contribution is 0.332. The van der Waals surface area contributed by atoms with Gasteiger partial charge in [0.15, 0.2) is 0 Å². The highest BCUT2D eigenvalue weighted by atomic mass is 32.1. The van der Waals surface area contributed by atoms with Crippen LogP contribution in [-0.2, 0) is 32.5 Å². The summed E-state index contributed by atoms with van der Waals surface area (Å²) < 4.78 is 2.84. The maximum atomic E-state index is 2.76. The van der Waals surface area contributed by atoms with Crippen molar-refractivity contribution in [3.63, 3.8) is 0 Å². The van der Waals surface area contributed by atoms with Gasteiger partial charge in [0.25, 0.3) is 6.71 Å². The smallest absolute Gasteiger partial charge is 0.264 e. The van der Waals surface area contributed by atoms with Crippen molar-refractivity contribution in [1.82, 2.24) is 0 Å². The molecular formula is C75H77BN2S. The van der Waals surface area contributed by atoms with Crippen LogP contribution in [0.5, 0.6) is 0 Å². The predicted molar refractivity (Wildman–Crippen MR) is 343 cm³/mol. The highest BCUT2D eigenvalue weighted by Gasteiger charge is 2.49. The number of hydrogen-bond acceptors (Lipinski definition) is 3. The fraction of sp³-hybridized carbons (Fsp3) is 0.333. The molecule has 14 rings (SSSR count). The van der Waals surface area contributed by atoms with Crippen molar-refractivity contribution < 1.29 is 0 Å². The zero-order valence-electron chi connectivity index (χ0n) is 49.1. The van der Waals surface area contributed by atoms with Crippen molar-refractivity contribution in [3.05, 3.63) is 197 Å². The molecular weight excluding hydrogens is 972 g/mol. The maximum Gasteiger partial charge on any atom is 0.264 e. The molecule has 0 radical (unpaired) electrons.